The second kappa shape index (κ2) is 12.4. The van der Waals surface area contributed by atoms with Gasteiger partial charge in [-0.3, -0.25) is 4.79 Å². The minimum Gasteiger partial charge on any atom is -0.493 e. The van der Waals surface area contributed by atoms with Crippen molar-refractivity contribution in [2.24, 2.45) is 0 Å². The Kier molecular flexibility index (Phi) is 8.65. The van der Waals surface area contributed by atoms with Crippen molar-refractivity contribution in [3.63, 3.8) is 0 Å². The molecule has 0 spiro atoms. The van der Waals surface area contributed by atoms with Gasteiger partial charge < -0.3 is 24.8 Å². The van der Waals surface area contributed by atoms with Gasteiger partial charge >= 0.3 is 0 Å². The van der Waals surface area contributed by atoms with E-state index in [4.69, 9.17) is 35.9 Å². The molecule has 0 saturated carbocycles. The summed E-state index contributed by atoms with van der Waals surface area (Å²) in [6.45, 7) is 5.85. The lowest BCUT2D eigenvalue weighted by atomic mass is 9.94. The summed E-state index contributed by atoms with van der Waals surface area (Å²) in [5.74, 6) is 2.21. The van der Waals surface area contributed by atoms with Gasteiger partial charge in [0.2, 0.25) is 16.9 Å². The number of anilines is 2. The predicted octanol–water partition coefficient (Wildman–Crippen LogP) is 6.79. The van der Waals surface area contributed by atoms with Crippen molar-refractivity contribution in [2.75, 3.05) is 32.0 Å². The molecule has 4 aromatic rings. The van der Waals surface area contributed by atoms with E-state index in [9.17, 15) is 4.79 Å². The number of carbonyl (C=O) groups excluding carboxylic acids is 1. The number of thioether (sulfide) groups is 1. The lowest BCUT2D eigenvalue weighted by molar-refractivity contribution is -0.113. The molecule has 42 heavy (non-hydrogen) atoms. The number of methoxy groups -OCH3 is 3. The number of amides is 1. The highest BCUT2D eigenvalue weighted by Gasteiger charge is 2.36. The number of aryl methyl sites for hydroxylation is 2. The topological polar surface area (TPSA) is 99.5 Å². The van der Waals surface area contributed by atoms with Crippen molar-refractivity contribution in [2.45, 2.75) is 37.7 Å². The molecule has 11 heteroatoms. The fraction of sp³-hybridized carbons (Fsp3) is 0.258. The maximum atomic E-state index is 14.0. The van der Waals surface area contributed by atoms with Crippen LogP contribution in [-0.2, 0) is 10.5 Å². The first-order chi connectivity index (χ1) is 20.2. The summed E-state index contributed by atoms with van der Waals surface area (Å²) in [5.41, 5.74) is 5.63. The first-order valence-electron chi connectivity index (χ1n) is 13.2. The Bertz CT molecular complexity index is 1660. The Balaban J connectivity index is 1.59. The first-order valence-corrected chi connectivity index (χ1v) is 14.6. The molecule has 1 aliphatic heterocycles. The van der Waals surface area contributed by atoms with E-state index in [1.54, 1.807) is 26.0 Å². The Morgan fingerprint density at radius 1 is 1.02 bits per heavy atom. The number of fused-ring (bicyclic) bond motifs is 1. The summed E-state index contributed by atoms with van der Waals surface area (Å²) < 4.78 is 18.6. The van der Waals surface area contributed by atoms with Gasteiger partial charge in [0.15, 0.2) is 11.5 Å². The Hall–Kier alpha value is -4.15. The predicted molar refractivity (Wildman–Crippen MR) is 166 cm³/mol. The van der Waals surface area contributed by atoms with Crippen molar-refractivity contribution >= 4 is 40.9 Å². The number of hydrogen-bond donors (Lipinski definition) is 2. The van der Waals surface area contributed by atoms with E-state index in [0.717, 1.165) is 22.4 Å². The van der Waals surface area contributed by atoms with E-state index in [1.807, 2.05) is 75.4 Å². The van der Waals surface area contributed by atoms with Crippen LogP contribution in [0.5, 0.6) is 17.2 Å². The molecule has 0 aliphatic carbocycles. The molecule has 0 fully saturated rings. The highest BCUT2D eigenvalue weighted by molar-refractivity contribution is 7.98. The molecular formula is C31H32ClN5O4S. The lowest BCUT2D eigenvalue weighted by Gasteiger charge is -2.29. The van der Waals surface area contributed by atoms with Crippen LogP contribution in [0.4, 0.5) is 11.6 Å². The quantitative estimate of drug-likeness (QED) is 0.201. The molecule has 1 unspecified atom stereocenters. The number of ether oxygens (including phenoxy) is 3. The van der Waals surface area contributed by atoms with Gasteiger partial charge in [-0.05, 0) is 61.7 Å². The molecule has 2 N–H and O–H groups in total. The van der Waals surface area contributed by atoms with Crippen molar-refractivity contribution < 1.29 is 19.0 Å². The van der Waals surface area contributed by atoms with Gasteiger partial charge in [-0.15, -0.1) is 5.10 Å². The first kappa shape index (κ1) is 29.3. The highest BCUT2D eigenvalue weighted by Crippen LogP contribution is 2.44. The molecule has 1 aromatic heterocycles. The van der Waals surface area contributed by atoms with Gasteiger partial charge in [0.1, 0.15) is 6.04 Å². The molecule has 0 saturated heterocycles. The third-order valence-corrected chi connectivity index (χ3v) is 8.28. The number of benzene rings is 3. The molecule has 2 heterocycles. The zero-order valence-electron chi connectivity index (χ0n) is 24.2. The fourth-order valence-electron chi connectivity index (χ4n) is 4.96. The molecule has 3 aromatic carbocycles. The van der Waals surface area contributed by atoms with E-state index in [-0.39, 0.29) is 5.91 Å². The molecule has 1 atom stereocenters. The summed E-state index contributed by atoms with van der Waals surface area (Å²) in [4.78, 5) is 18.8. The molecule has 5 rings (SSSR count). The van der Waals surface area contributed by atoms with E-state index < -0.39 is 6.04 Å². The van der Waals surface area contributed by atoms with E-state index in [0.29, 0.717) is 56.0 Å². The number of nitrogens with one attached hydrogen (secondary N) is 2. The Morgan fingerprint density at radius 3 is 2.38 bits per heavy atom. The second-order valence-corrected chi connectivity index (χ2v) is 11.2. The van der Waals surface area contributed by atoms with Gasteiger partial charge in [0, 0.05) is 22.2 Å². The smallest absolute Gasteiger partial charge is 0.255 e. The van der Waals surface area contributed by atoms with Crippen molar-refractivity contribution in [3.8, 4) is 17.2 Å². The number of halogens is 1. The summed E-state index contributed by atoms with van der Waals surface area (Å²) in [5, 5.41) is 12.5. The maximum absolute atomic E-state index is 14.0. The third kappa shape index (κ3) is 5.77. The molecular weight excluding hydrogens is 574 g/mol. The number of carbonyl (C=O) groups is 1. The number of hydrogen-bond acceptors (Lipinski definition) is 8. The third-order valence-electron chi connectivity index (χ3n) is 7.03. The van der Waals surface area contributed by atoms with Crippen LogP contribution in [0.15, 0.2) is 71.0 Å². The van der Waals surface area contributed by atoms with Crippen LogP contribution >= 0.6 is 23.4 Å². The Morgan fingerprint density at radius 2 is 1.74 bits per heavy atom. The van der Waals surface area contributed by atoms with E-state index in [1.165, 1.54) is 11.8 Å². The monoisotopic (exact) mass is 605 g/mol. The minimum absolute atomic E-state index is 0.267. The van der Waals surface area contributed by atoms with Crippen LogP contribution in [0, 0.1) is 13.8 Å². The van der Waals surface area contributed by atoms with Gasteiger partial charge in [0.25, 0.3) is 5.91 Å². The van der Waals surface area contributed by atoms with Crippen LogP contribution < -0.4 is 24.8 Å². The summed E-state index contributed by atoms with van der Waals surface area (Å²) in [6.07, 6.45) is 0. The van der Waals surface area contributed by atoms with Crippen LogP contribution in [0.3, 0.4) is 0 Å². The molecule has 1 amide bonds. The van der Waals surface area contributed by atoms with Crippen molar-refractivity contribution in [1.29, 1.82) is 0 Å². The average molecular weight is 606 g/mol. The largest absolute Gasteiger partial charge is 0.493 e. The lowest BCUT2D eigenvalue weighted by Crippen LogP contribution is -2.31. The second-order valence-electron chi connectivity index (χ2n) is 9.84. The standard InChI is InChI=1S/C31H32ClN5O4S/c1-17-11-12-23(18(2)13-17)34-29(38)26-19(3)33-30-35-31(42-16-20-9-7-8-10-22(20)32)36-37(30)27(26)21-14-24(39-4)28(41-6)25(15-21)40-5/h7-15,27H,16H2,1-6H3,(H,34,38)(H,33,35,36). The summed E-state index contributed by atoms with van der Waals surface area (Å²) in [7, 11) is 4.67. The van der Waals surface area contributed by atoms with Gasteiger partial charge in [-0.25, -0.2) is 4.68 Å². The minimum atomic E-state index is -0.650. The summed E-state index contributed by atoms with van der Waals surface area (Å²) in [6, 6.07) is 16.6. The number of nitrogens with zero attached hydrogens (tertiary/aromatic N) is 3. The molecule has 1 aliphatic rings. The fourth-order valence-corrected chi connectivity index (χ4v) is 6.07. The van der Waals surface area contributed by atoms with Crippen molar-refractivity contribution in [1.82, 2.24) is 14.8 Å². The van der Waals surface area contributed by atoms with Crippen molar-refractivity contribution in [3.05, 3.63) is 93.1 Å². The number of rotatable bonds is 9. The molecule has 218 valence electrons. The van der Waals surface area contributed by atoms with E-state index in [2.05, 4.69) is 10.6 Å². The molecule has 9 nitrogen and oxygen atoms in total. The molecule has 0 bridgehead atoms. The average Bonchev–Trinajstić information content (AvgIpc) is 3.38. The van der Waals surface area contributed by atoms with Gasteiger partial charge in [-0.2, -0.15) is 4.98 Å². The molecule has 0 radical (unpaired) electrons. The summed E-state index contributed by atoms with van der Waals surface area (Å²) >= 11 is 7.84. The van der Waals surface area contributed by atoms with Crippen LogP contribution in [0.1, 0.15) is 35.2 Å². The maximum Gasteiger partial charge on any atom is 0.255 e. The van der Waals surface area contributed by atoms with E-state index >= 15 is 0 Å². The number of aromatic nitrogens is 3. The van der Waals surface area contributed by atoms with Crippen LogP contribution in [0.2, 0.25) is 5.02 Å². The van der Waals surface area contributed by atoms with Crippen LogP contribution in [0.25, 0.3) is 0 Å². The normalized spacial score (nSPS) is 14.2. The van der Waals surface area contributed by atoms with Gasteiger partial charge in [-0.1, -0.05) is 59.3 Å². The Labute approximate surface area is 254 Å². The highest BCUT2D eigenvalue weighted by atomic mass is 35.5. The SMILES string of the molecule is COc1cc(C2C(C(=O)Nc3ccc(C)cc3C)=C(C)Nc3nc(SCc4ccccc4Cl)nn32)cc(OC)c1OC. The zero-order chi connectivity index (χ0) is 30.0. The number of allylic oxidation sites excluding steroid dienone is 1. The van der Waals surface area contributed by atoms with Crippen LogP contribution in [-0.4, -0.2) is 42.0 Å². The van der Waals surface area contributed by atoms with Gasteiger partial charge in [0.05, 0.1) is 26.9 Å². The zero-order valence-corrected chi connectivity index (χ0v) is 25.8.